The molecular weight excluding hydrogens is 278 g/mol. The maximum Gasteiger partial charge on any atom is 0.306 e. The van der Waals surface area contributed by atoms with Crippen LogP contribution in [0.4, 0.5) is 0 Å². The number of halogens is 1. The van der Waals surface area contributed by atoms with E-state index < -0.39 is 5.97 Å². The van der Waals surface area contributed by atoms with E-state index in [-0.39, 0.29) is 17.7 Å². The summed E-state index contributed by atoms with van der Waals surface area (Å²) in [6.45, 7) is 2.24. The molecule has 1 amide bonds. The standard InChI is InChI=1S/C15H18ClNO3/c1-9-7-11(16)5-6-12(9)14(18)17-8-10-3-2-4-13(10)15(19)20/h5-7,10,13H,2-4,8H2,1H3,(H,17,18)(H,19,20). The van der Waals surface area contributed by atoms with E-state index in [4.69, 9.17) is 16.7 Å². The number of hydrogen-bond donors (Lipinski definition) is 2. The number of amides is 1. The minimum atomic E-state index is -0.760. The molecule has 1 aliphatic carbocycles. The summed E-state index contributed by atoms with van der Waals surface area (Å²) < 4.78 is 0. The van der Waals surface area contributed by atoms with Crippen molar-refractivity contribution < 1.29 is 14.7 Å². The molecular formula is C15H18ClNO3. The minimum absolute atomic E-state index is 0.0315. The van der Waals surface area contributed by atoms with Crippen molar-refractivity contribution in [3.63, 3.8) is 0 Å². The normalized spacial score (nSPS) is 21.7. The Morgan fingerprint density at radius 1 is 1.40 bits per heavy atom. The zero-order valence-electron chi connectivity index (χ0n) is 11.4. The van der Waals surface area contributed by atoms with Crippen LogP contribution >= 0.6 is 11.6 Å². The molecule has 4 nitrogen and oxygen atoms in total. The van der Waals surface area contributed by atoms with Gasteiger partial charge < -0.3 is 10.4 Å². The van der Waals surface area contributed by atoms with Crippen LogP contribution in [0.5, 0.6) is 0 Å². The average Bonchev–Trinajstić information content (AvgIpc) is 2.84. The summed E-state index contributed by atoms with van der Waals surface area (Å²) in [6, 6.07) is 5.11. The summed E-state index contributed by atoms with van der Waals surface area (Å²) in [5.74, 6) is -1.23. The first-order valence-corrected chi connectivity index (χ1v) is 7.14. The van der Waals surface area contributed by atoms with Gasteiger partial charge in [0.25, 0.3) is 5.91 Å². The lowest BCUT2D eigenvalue weighted by molar-refractivity contribution is -0.142. The van der Waals surface area contributed by atoms with Gasteiger partial charge in [0.05, 0.1) is 5.92 Å². The van der Waals surface area contributed by atoms with Gasteiger partial charge in [0.2, 0.25) is 0 Å². The number of carboxylic acid groups (broad SMARTS) is 1. The number of benzene rings is 1. The summed E-state index contributed by atoms with van der Waals surface area (Å²) in [6.07, 6.45) is 2.48. The number of hydrogen-bond acceptors (Lipinski definition) is 2. The first kappa shape index (κ1) is 14.9. The van der Waals surface area contributed by atoms with Crippen LogP contribution in [0.15, 0.2) is 18.2 Å². The first-order chi connectivity index (χ1) is 9.49. The van der Waals surface area contributed by atoms with E-state index in [1.165, 1.54) is 0 Å². The Balaban J connectivity index is 1.97. The van der Waals surface area contributed by atoms with Crippen molar-refractivity contribution >= 4 is 23.5 Å². The summed E-state index contributed by atoms with van der Waals surface area (Å²) in [7, 11) is 0. The highest BCUT2D eigenvalue weighted by atomic mass is 35.5. The molecule has 1 aromatic carbocycles. The van der Waals surface area contributed by atoms with E-state index in [2.05, 4.69) is 5.32 Å². The third-order valence-electron chi connectivity index (χ3n) is 3.93. The molecule has 2 rings (SSSR count). The number of aryl methyl sites for hydroxylation is 1. The topological polar surface area (TPSA) is 66.4 Å². The molecule has 0 aliphatic heterocycles. The largest absolute Gasteiger partial charge is 0.481 e. The van der Waals surface area contributed by atoms with Gasteiger partial charge in [0.15, 0.2) is 0 Å². The van der Waals surface area contributed by atoms with Crippen LogP contribution in [0, 0.1) is 18.8 Å². The maximum atomic E-state index is 12.1. The molecule has 1 aliphatic rings. The van der Waals surface area contributed by atoms with Crippen LogP contribution in [0.2, 0.25) is 5.02 Å². The number of carbonyl (C=O) groups is 2. The molecule has 2 atom stereocenters. The Hall–Kier alpha value is -1.55. The van der Waals surface area contributed by atoms with Gasteiger partial charge in [-0.15, -0.1) is 0 Å². The van der Waals surface area contributed by atoms with Gasteiger partial charge in [-0.1, -0.05) is 18.0 Å². The van der Waals surface area contributed by atoms with Gasteiger partial charge in [0.1, 0.15) is 0 Å². The number of rotatable bonds is 4. The number of carboxylic acids is 1. The molecule has 1 aromatic rings. The Kier molecular flexibility index (Phi) is 4.65. The average molecular weight is 296 g/mol. The Morgan fingerprint density at radius 3 is 2.80 bits per heavy atom. The molecule has 2 unspecified atom stereocenters. The minimum Gasteiger partial charge on any atom is -0.481 e. The van der Waals surface area contributed by atoms with Crippen LogP contribution in [-0.2, 0) is 4.79 Å². The lowest BCUT2D eigenvalue weighted by Crippen LogP contribution is -2.33. The van der Waals surface area contributed by atoms with Gasteiger partial charge in [-0.2, -0.15) is 0 Å². The van der Waals surface area contributed by atoms with Gasteiger partial charge >= 0.3 is 5.97 Å². The zero-order chi connectivity index (χ0) is 14.7. The van der Waals surface area contributed by atoms with Gasteiger partial charge in [-0.3, -0.25) is 9.59 Å². The fourth-order valence-electron chi connectivity index (χ4n) is 2.81. The van der Waals surface area contributed by atoms with Crippen LogP contribution in [-0.4, -0.2) is 23.5 Å². The van der Waals surface area contributed by atoms with Crippen molar-refractivity contribution in [2.24, 2.45) is 11.8 Å². The molecule has 0 saturated heterocycles. The molecule has 1 saturated carbocycles. The highest BCUT2D eigenvalue weighted by molar-refractivity contribution is 6.30. The molecule has 108 valence electrons. The number of nitrogens with one attached hydrogen (secondary N) is 1. The van der Waals surface area contributed by atoms with Crippen molar-refractivity contribution in [2.45, 2.75) is 26.2 Å². The van der Waals surface area contributed by atoms with Crippen molar-refractivity contribution in [3.05, 3.63) is 34.3 Å². The Labute approximate surface area is 123 Å². The molecule has 0 heterocycles. The maximum absolute atomic E-state index is 12.1. The van der Waals surface area contributed by atoms with Crippen LogP contribution in [0.1, 0.15) is 35.2 Å². The van der Waals surface area contributed by atoms with Crippen molar-refractivity contribution in [2.75, 3.05) is 6.54 Å². The van der Waals surface area contributed by atoms with Crippen molar-refractivity contribution in [1.29, 1.82) is 0 Å². The molecule has 0 bridgehead atoms. The fourth-order valence-corrected chi connectivity index (χ4v) is 3.03. The van der Waals surface area contributed by atoms with Gasteiger partial charge in [-0.05, 0) is 49.4 Å². The second-order valence-electron chi connectivity index (χ2n) is 5.30. The van der Waals surface area contributed by atoms with E-state index in [1.54, 1.807) is 18.2 Å². The van der Waals surface area contributed by atoms with E-state index >= 15 is 0 Å². The third kappa shape index (κ3) is 3.31. The smallest absolute Gasteiger partial charge is 0.306 e. The van der Waals surface area contributed by atoms with E-state index in [0.717, 1.165) is 18.4 Å². The molecule has 0 aromatic heterocycles. The molecule has 20 heavy (non-hydrogen) atoms. The summed E-state index contributed by atoms with van der Waals surface area (Å²) in [5.41, 5.74) is 1.40. The highest BCUT2D eigenvalue weighted by Gasteiger charge is 2.32. The fraction of sp³-hybridized carbons (Fsp3) is 0.467. The zero-order valence-corrected chi connectivity index (χ0v) is 12.1. The van der Waals surface area contributed by atoms with Crippen LogP contribution < -0.4 is 5.32 Å². The lowest BCUT2D eigenvalue weighted by atomic mass is 9.96. The summed E-state index contributed by atoms with van der Waals surface area (Å²) in [4.78, 5) is 23.2. The predicted molar refractivity (Wildman–Crippen MR) is 77.0 cm³/mol. The molecule has 2 N–H and O–H groups in total. The lowest BCUT2D eigenvalue weighted by Gasteiger charge is -2.16. The third-order valence-corrected chi connectivity index (χ3v) is 4.17. The SMILES string of the molecule is Cc1cc(Cl)ccc1C(=O)NCC1CCCC1C(=O)O. The number of carbonyl (C=O) groups excluding carboxylic acids is 1. The van der Waals surface area contributed by atoms with Gasteiger partial charge in [-0.25, -0.2) is 0 Å². The van der Waals surface area contributed by atoms with E-state index in [9.17, 15) is 9.59 Å². The second kappa shape index (κ2) is 6.27. The van der Waals surface area contributed by atoms with Crippen molar-refractivity contribution in [1.82, 2.24) is 5.32 Å². The predicted octanol–water partition coefficient (Wildman–Crippen LogP) is 2.88. The molecule has 0 radical (unpaired) electrons. The second-order valence-corrected chi connectivity index (χ2v) is 5.74. The molecule has 1 fully saturated rings. The first-order valence-electron chi connectivity index (χ1n) is 6.76. The van der Waals surface area contributed by atoms with E-state index in [0.29, 0.717) is 23.6 Å². The summed E-state index contributed by atoms with van der Waals surface area (Å²) in [5, 5.41) is 12.6. The Morgan fingerprint density at radius 2 is 2.15 bits per heavy atom. The summed E-state index contributed by atoms with van der Waals surface area (Å²) >= 11 is 5.86. The quantitative estimate of drug-likeness (QED) is 0.897. The highest BCUT2D eigenvalue weighted by Crippen LogP contribution is 2.31. The number of aliphatic carboxylic acids is 1. The monoisotopic (exact) mass is 295 g/mol. The van der Waals surface area contributed by atoms with E-state index in [1.807, 2.05) is 6.92 Å². The van der Waals surface area contributed by atoms with Gasteiger partial charge in [0, 0.05) is 17.1 Å². The van der Waals surface area contributed by atoms with Crippen molar-refractivity contribution in [3.8, 4) is 0 Å². The van der Waals surface area contributed by atoms with Crippen LogP contribution in [0.3, 0.4) is 0 Å². The Bertz CT molecular complexity index is 530. The molecule has 5 heteroatoms. The van der Waals surface area contributed by atoms with Crippen LogP contribution in [0.25, 0.3) is 0 Å². The molecule has 0 spiro atoms.